The Morgan fingerprint density at radius 2 is 1.62 bits per heavy atom. The molecule has 4 heteroatoms. The summed E-state index contributed by atoms with van der Waals surface area (Å²) >= 11 is 0. The summed E-state index contributed by atoms with van der Waals surface area (Å²) in [5, 5.41) is 8.46. The van der Waals surface area contributed by atoms with Gasteiger partial charge in [0.25, 0.3) is 0 Å². The third-order valence-electron chi connectivity index (χ3n) is 1.05. The summed E-state index contributed by atoms with van der Waals surface area (Å²) in [6, 6.07) is 0. The molecule has 13 heavy (non-hydrogen) atoms. The number of hydrogen-bond acceptors (Lipinski definition) is 4. The minimum absolute atomic E-state index is 0.215. The fourth-order valence-electron chi connectivity index (χ4n) is 0.609. The van der Waals surface area contributed by atoms with Crippen LogP contribution in [0.4, 0.5) is 0 Å². The van der Waals surface area contributed by atoms with Crippen LogP contribution in [0.2, 0.25) is 0 Å². The van der Waals surface area contributed by atoms with E-state index in [2.05, 4.69) is 17.2 Å². The lowest BCUT2D eigenvalue weighted by atomic mass is 10.3. The van der Waals surface area contributed by atoms with Crippen LogP contribution in [-0.4, -0.2) is 32.9 Å². The fourth-order valence-corrected chi connectivity index (χ4v) is 0.609. The summed E-state index contributed by atoms with van der Waals surface area (Å²) in [6.07, 6.45) is 6.88. The van der Waals surface area contributed by atoms with Gasteiger partial charge in [0.05, 0.1) is 6.61 Å². The molecule has 0 saturated carbocycles. The van der Waals surface area contributed by atoms with Crippen LogP contribution in [-0.2, 0) is 0 Å². The van der Waals surface area contributed by atoms with Crippen molar-refractivity contribution in [1.82, 2.24) is 0 Å². The molecule has 7 N–H and O–H groups in total. The van der Waals surface area contributed by atoms with Crippen LogP contribution in [0.25, 0.3) is 0 Å². The number of aliphatic hydroxyl groups is 1. The van der Waals surface area contributed by atoms with E-state index in [4.69, 9.17) is 5.11 Å². The molecule has 0 saturated heterocycles. The van der Waals surface area contributed by atoms with Crippen LogP contribution in [0.3, 0.4) is 0 Å². The van der Waals surface area contributed by atoms with Crippen molar-refractivity contribution in [3.63, 3.8) is 0 Å². The molecular weight excluding hydrogens is 166 g/mol. The first kappa shape index (κ1) is 18.2. The van der Waals surface area contributed by atoms with Crippen LogP contribution >= 0.6 is 0 Å². The highest BCUT2D eigenvalue weighted by Gasteiger charge is 1.93. The highest BCUT2D eigenvalue weighted by Crippen LogP contribution is 2.07. The molecule has 0 spiro atoms. The molecule has 1 aliphatic rings. The average molecular weight is 189 g/mol. The Labute approximate surface area is 81.1 Å². The zero-order valence-electron chi connectivity index (χ0n) is 8.83. The van der Waals surface area contributed by atoms with E-state index in [1.807, 2.05) is 18.2 Å². The van der Waals surface area contributed by atoms with Crippen LogP contribution in [0.1, 0.15) is 6.42 Å². The Bertz CT molecular complexity index is 122. The van der Waals surface area contributed by atoms with Crippen molar-refractivity contribution in [1.29, 1.82) is 0 Å². The first-order valence-electron chi connectivity index (χ1n) is 4.12. The number of rotatable bonds is 1. The summed E-state index contributed by atoms with van der Waals surface area (Å²) in [4.78, 5) is 0. The Hall–Kier alpha value is -0.680. The number of aliphatic hydroxyl groups excluding tert-OH is 1. The standard InChI is InChI=1S/C6H8O.3CH5N/c7-5-6-3-1-2-4-6;3*1-2/h1-3,7H,4-5H2;3*2H2,1H3. The third-order valence-corrected chi connectivity index (χ3v) is 1.05. The number of nitrogens with two attached hydrogens (primary N) is 3. The van der Waals surface area contributed by atoms with Crippen molar-refractivity contribution in [2.75, 3.05) is 27.7 Å². The molecule has 1 aliphatic carbocycles. The molecule has 0 bridgehead atoms. The van der Waals surface area contributed by atoms with Crippen LogP contribution in [0, 0.1) is 0 Å². The second-order valence-electron chi connectivity index (χ2n) is 1.62. The van der Waals surface area contributed by atoms with Crippen molar-refractivity contribution in [3.05, 3.63) is 23.8 Å². The monoisotopic (exact) mass is 189 g/mol. The van der Waals surface area contributed by atoms with Gasteiger partial charge in [-0.3, -0.25) is 0 Å². The zero-order chi connectivity index (χ0) is 11.1. The van der Waals surface area contributed by atoms with Crippen LogP contribution in [0.5, 0.6) is 0 Å². The lowest BCUT2D eigenvalue weighted by Gasteiger charge is -1.88. The molecule has 0 aromatic heterocycles. The Balaban J connectivity index is -0.000000144. The Morgan fingerprint density at radius 1 is 1.15 bits per heavy atom. The summed E-state index contributed by atoms with van der Waals surface area (Å²) < 4.78 is 0. The molecule has 0 unspecified atom stereocenters. The van der Waals surface area contributed by atoms with Crippen molar-refractivity contribution in [3.8, 4) is 0 Å². The topological polar surface area (TPSA) is 98.3 Å². The van der Waals surface area contributed by atoms with Gasteiger partial charge in [-0.05, 0) is 33.1 Å². The SMILES string of the molecule is CN.CN.CN.OCC1=CC=CC1. The van der Waals surface area contributed by atoms with Gasteiger partial charge in [0, 0.05) is 0 Å². The highest BCUT2D eigenvalue weighted by molar-refractivity contribution is 5.22. The van der Waals surface area contributed by atoms with Crippen molar-refractivity contribution in [2.45, 2.75) is 6.42 Å². The van der Waals surface area contributed by atoms with E-state index in [1.165, 1.54) is 21.1 Å². The predicted molar refractivity (Wildman–Crippen MR) is 59.3 cm³/mol. The first-order valence-corrected chi connectivity index (χ1v) is 4.12. The quantitative estimate of drug-likeness (QED) is 0.450. The molecular formula is C9H23N3O. The van der Waals surface area contributed by atoms with Gasteiger partial charge in [-0.25, -0.2) is 0 Å². The molecule has 80 valence electrons. The maximum Gasteiger partial charge on any atom is 0.0647 e. The minimum atomic E-state index is 0.215. The van der Waals surface area contributed by atoms with E-state index < -0.39 is 0 Å². The van der Waals surface area contributed by atoms with Gasteiger partial charge < -0.3 is 22.3 Å². The lowest BCUT2D eigenvalue weighted by molar-refractivity contribution is 0.329. The molecule has 1 rings (SSSR count). The smallest absolute Gasteiger partial charge is 0.0647 e. The molecule has 0 radical (unpaired) electrons. The molecule has 0 aromatic rings. The molecule has 0 aromatic carbocycles. The van der Waals surface area contributed by atoms with Gasteiger partial charge in [0.15, 0.2) is 0 Å². The first-order chi connectivity index (χ1) is 6.43. The van der Waals surface area contributed by atoms with Gasteiger partial charge in [0.1, 0.15) is 0 Å². The Kier molecular flexibility index (Phi) is 31.5. The minimum Gasteiger partial charge on any atom is -0.392 e. The Morgan fingerprint density at radius 3 is 1.77 bits per heavy atom. The second-order valence-corrected chi connectivity index (χ2v) is 1.62. The fraction of sp³-hybridized carbons (Fsp3) is 0.556. The van der Waals surface area contributed by atoms with Crippen LogP contribution < -0.4 is 17.2 Å². The van der Waals surface area contributed by atoms with Gasteiger partial charge >= 0.3 is 0 Å². The molecule has 0 amide bonds. The van der Waals surface area contributed by atoms with Crippen molar-refractivity contribution in [2.24, 2.45) is 17.2 Å². The molecule has 0 atom stereocenters. The van der Waals surface area contributed by atoms with Gasteiger partial charge in [-0.1, -0.05) is 18.2 Å². The van der Waals surface area contributed by atoms with E-state index in [9.17, 15) is 0 Å². The number of hydrogen-bond donors (Lipinski definition) is 4. The van der Waals surface area contributed by atoms with Gasteiger partial charge in [-0.2, -0.15) is 0 Å². The summed E-state index contributed by atoms with van der Waals surface area (Å²) in [7, 11) is 4.50. The lowest BCUT2D eigenvalue weighted by Crippen LogP contribution is -1.82. The van der Waals surface area contributed by atoms with Crippen LogP contribution in [0.15, 0.2) is 23.8 Å². The van der Waals surface area contributed by atoms with Crippen molar-refractivity contribution >= 4 is 0 Å². The molecule has 4 nitrogen and oxygen atoms in total. The highest BCUT2D eigenvalue weighted by atomic mass is 16.3. The molecule has 0 heterocycles. The normalized spacial score (nSPS) is 10.8. The van der Waals surface area contributed by atoms with Gasteiger partial charge in [-0.15, -0.1) is 0 Å². The van der Waals surface area contributed by atoms with E-state index in [-0.39, 0.29) is 6.61 Å². The van der Waals surface area contributed by atoms with E-state index in [0.717, 1.165) is 12.0 Å². The average Bonchev–Trinajstić information content (AvgIpc) is 2.79. The predicted octanol–water partition coefficient (Wildman–Crippen LogP) is -0.410. The number of allylic oxidation sites excluding steroid dienone is 3. The van der Waals surface area contributed by atoms with E-state index >= 15 is 0 Å². The van der Waals surface area contributed by atoms with E-state index in [0.29, 0.717) is 0 Å². The summed E-state index contributed by atoms with van der Waals surface area (Å²) in [5.41, 5.74) is 14.6. The maximum absolute atomic E-state index is 8.46. The summed E-state index contributed by atoms with van der Waals surface area (Å²) in [5.74, 6) is 0. The summed E-state index contributed by atoms with van der Waals surface area (Å²) in [6.45, 7) is 0.215. The van der Waals surface area contributed by atoms with E-state index in [1.54, 1.807) is 0 Å². The maximum atomic E-state index is 8.46. The third kappa shape index (κ3) is 14.2. The molecule has 0 aliphatic heterocycles. The largest absolute Gasteiger partial charge is 0.392 e. The zero-order valence-corrected chi connectivity index (χ0v) is 8.83. The molecule has 0 fully saturated rings. The van der Waals surface area contributed by atoms with Crippen molar-refractivity contribution < 1.29 is 5.11 Å². The van der Waals surface area contributed by atoms with Gasteiger partial charge in [0.2, 0.25) is 0 Å². The second kappa shape index (κ2) is 22.5.